The van der Waals surface area contributed by atoms with Crippen molar-refractivity contribution in [2.24, 2.45) is 0 Å². The molecule has 3 rings (SSSR count). The number of halogens is 1. The number of benzene rings is 2. The zero-order valence-electron chi connectivity index (χ0n) is 15.7. The van der Waals surface area contributed by atoms with Gasteiger partial charge in [0.1, 0.15) is 13.2 Å². The first kappa shape index (κ1) is 20.3. The Balaban J connectivity index is 1.75. The Morgan fingerprint density at radius 3 is 2.46 bits per heavy atom. The van der Waals surface area contributed by atoms with Gasteiger partial charge in [0.25, 0.3) is 5.91 Å². The molecule has 0 bridgehead atoms. The van der Waals surface area contributed by atoms with Gasteiger partial charge in [-0.2, -0.15) is 0 Å². The SMILES string of the molecule is C[C@@H](NC(=O)c1ccc(N(C)S(C)(=O)=O)cc1Cl)c1ccc2c(c1)OCCO2. The average molecular weight is 425 g/mol. The second-order valence-electron chi connectivity index (χ2n) is 6.49. The van der Waals surface area contributed by atoms with Crippen molar-refractivity contribution >= 4 is 33.2 Å². The lowest BCUT2D eigenvalue weighted by molar-refractivity contribution is 0.0940. The van der Waals surface area contributed by atoms with E-state index in [1.54, 1.807) is 0 Å². The molecule has 7 nitrogen and oxygen atoms in total. The third-order valence-electron chi connectivity index (χ3n) is 4.47. The number of hydrogen-bond acceptors (Lipinski definition) is 5. The van der Waals surface area contributed by atoms with Crippen molar-refractivity contribution in [3.63, 3.8) is 0 Å². The minimum atomic E-state index is -3.42. The van der Waals surface area contributed by atoms with Crippen molar-refractivity contribution in [3.05, 3.63) is 52.5 Å². The highest BCUT2D eigenvalue weighted by Gasteiger charge is 2.19. The fraction of sp³-hybridized carbons (Fsp3) is 0.316. The van der Waals surface area contributed by atoms with E-state index in [4.69, 9.17) is 21.1 Å². The van der Waals surface area contributed by atoms with Gasteiger partial charge in [0.2, 0.25) is 10.0 Å². The number of nitrogens with one attached hydrogen (secondary N) is 1. The van der Waals surface area contributed by atoms with Crippen molar-refractivity contribution in [2.45, 2.75) is 13.0 Å². The fourth-order valence-corrected chi connectivity index (χ4v) is 3.52. The van der Waals surface area contributed by atoms with E-state index < -0.39 is 10.0 Å². The lowest BCUT2D eigenvalue weighted by Crippen LogP contribution is -2.28. The maximum Gasteiger partial charge on any atom is 0.253 e. The molecule has 0 aliphatic carbocycles. The smallest absolute Gasteiger partial charge is 0.253 e. The van der Waals surface area contributed by atoms with E-state index in [0.29, 0.717) is 30.4 Å². The van der Waals surface area contributed by atoms with Gasteiger partial charge >= 0.3 is 0 Å². The normalized spacial score (nSPS) is 14.3. The number of fused-ring (bicyclic) bond motifs is 1. The van der Waals surface area contributed by atoms with Crippen LogP contribution in [-0.4, -0.2) is 40.8 Å². The first-order valence-electron chi connectivity index (χ1n) is 8.60. The molecule has 1 heterocycles. The van der Waals surface area contributed by atoms with E-state index in [2.05, 4.69) is 5.32 Å². The van der Waals surface area contributed by atoms with Crippen LogP contribution < -0.4 is 19.1 Å². The van der Waals surface area contributed by atoms with Crippen molar-refractivity contribution in [2.75, 3.05) is 30.8 Å². The van der Waals surface area contributed by atoms with Crippen LogP contribution in [0, 0.1) is 0 Å². The molecule has 1 amide bonds. The topological polar surface area (TPSA) is 84.9 Å². The summed E-state index contributed by atoms with van der Waals surface area (Å²) in [6.07, 6.45) is 1.09. The van der Waals surface area contributed by atoms with E-state index in [1.165, 1.54) is 25.2 Å². The van der Waals surface area contributed by atoms with Gasteiger partial charge in [0.05, 0.1) is 28.6 Å². The van der Waals surface area contributed by atoms with Crippen molar-refractivity contribution in [1.29, 1.82) is 0 Å². The summed E-state index contributed by atoms with van der Waals surface area (Å²) in [5, 5.41) is 3.05. The molecule has 0 saturated carbocycles. The molecule has 150 valence electrons. The van der Waals surface area contributed by atoms with Crippen LogP contribution in [0.4, 0.5) is 5.69 Å². The van der Waals surface area contributed by atoms with Crippen LogP contribution >= 0.6 is 11.6 Å². The number of carbonyl (C=O) groups is 1. The predicted octanol–water partition coefficient (Wildman–Crippen LogP) is 3.00. The van der Waals surface area contributed by atoms with Gasteiger partial charge in [0, 0.05) is 7.05 Å². The van der Waals surface area contributed by atoms with Gasteiger partial charge in [0.15, 0.2) is 11.5 Å². The predicted molar refractivity (Wildman–Crippen MR) is 108 cm³/mol. The third kappa shape index (κ3) is 4.34. The minimum Gasteiger partial charge on any atom is -0.486 e. The van der Waals surface area contributed by atoms with Crippen molar-refractivity contribution in [1.82, 2.24) is 5.32 Å². The number of anilines is 1. The Morgan fingerprint density at radius 2 is 1.82 bits per heavy atom. The quantitative estimate of drug-likeness (QED) is 0.797. The van der Waals surface area contributed by atoms with Crippen molar-refractivity contribution in [3.8, 4) is 11.5 Å². The summed E-state index contributed by atoms with van der Waals surface area (Å²) < 4.78 is 35.5. The number of hydrogen-bond donors (Lipinski definition) is 1. The lowest BCUT2D eigenvalue weighted by atomic mass is 10.1. The van der Waals surface area contributed by atoms with Crippen LogP contribution in [0.5, 0.6) is 11.5 Å². The Hall–Kier alpha value is -2.45. The van der Waals surface area contributed by atoms with Gasteiger partial charge < -0.3 is 14.8 Å². The van der Waals surface area contributed by atoms with E-state index in [9.17, 15) is 13.2 Å². The maximum absolute atomic E-state index is 12.6. The van der Waals surface area contributed by atoms with Gasteiger partial charge in [-0.1, -0.05) is 17.7 Å². The van der Waals surface area contributed by atoms with E-state index in [-0.39, 0.29) is 22.5 Å². The van der Waals surface area contributed by atoms with E-state index in [0.717, 1.165) is 16.1 Å². The maximum atomic E-state index is 12.6. The van der Waals surface area contributed by atoms with Gasteiger partial charge in [-0.3, -0.25) is 9.10 Å². The molecule has 0 aromatic heterocycles. The highest BCUT2D eigenvalue weighted by molar-refractivity contribution is 7.92. The van der Waals surface area contributed by atoms with Crippen LogP contribution in [0.1, 0.15) is 28.9 Å². The van der Waals surface area contributed by atoms with Crippen LogP contribution in [0.2, 0.25) is 5.02 Å². The molecule has 0 saturated heterocycles. The summed E-state index contributed by atoms with van der Waals surface area (Å²) in [6.45, 7) is 2.85. The fourth-order valence-electron chi connectivity index (χ4n) is 2.76. The summed E-state index contributed by atoms with van der Waals surface area (Å²) >= 11 is 6.22. The zero-order chi connectivity index (χ0) is 20.5. The Labute approximate surface area is 169 Å². The number of sulfonamides is 1. The first-order valence-corrected chi connectivity index (χ1v) is 10.8. The average Bonchev–Trinajstić information content (AvgIpc) is 2.66. The third-order valence-corrected chi connectivity index (χ3v) is 5.99. The van der Waals surface area contributed by atoms with Crippen LogP contribution in [0.3, 0.4) is 0 Å². The molecule has 28 heavy (non-hydrogen) atoms. The molecule has 2 aromatic carbocycles. The number of rotatable bonds is 5. The Morgan fingerprint density at radius 1 is 1.14 bits per heavy atom. The first-order chi connectivity index (χ1) is 13.2. The molecule has 2 aromatic rings. The molecule has 0 unspecified atom stereocenters. The largest absolute Gasteiger partial charge is 0.486 e. The molecular formula is C19H21ClN2O5S. The lowest BCUT2D eigenvalue weighted by Gasteiger charge is -2.21. The molecule has 1 aliphatic rings. The molecule has 0 spiro atoms. The van der Waals surface area contributed by atoms with Gasteiger partial charge in [-0.15, -0.1) is 0 Å². The van der Waals surface area contributed by atoms with E-state index in [1.807, 2.05) is 25.1 Å². The van der Waals surface area contributed by atoms with Crippen LogP contribution in [0.25, 0.3) is 0 Å². The molecule has 0 fully saturated rings. The van der Waals surface area contributed by atoms with E-state index >= 15 is 0 Å². The number of carbonyl (C=O) groups excluding carboxylic acids is 1. The molecule has 1 N–H and O–H groups in total. The van der Waals surface area contributed by atoms with Gasteiger partial charge in [-0.25, -0.2) is 8.42 Å². The number of nitrogens with zero attached hydrogens (tertiary/aromatic N) is 1. The molecule has 0 radical (unpaired) electrons. The highest BCUT2D eigenvalue weighted by atomic mass is 35.5. The molecular weight excluding hydrogens is 404 g/mol. The minimum absolute atomic E-state index is 0.167. The summed E-state index contributed by atoms with van der Waals surface area (Å²) in [4.78, 5) is 12.6. The second kappa shape index (κ2) is 7.89. The monoisotopic (exact) mass is 424 g/mol. The zero-order valence-corrected chi connectivity index (χ0v) is 17.3. The Bertz CT molecular complexity index is 1010. The highest BCUT2D eigenvalue weighted by Crippen LogP contribution is 2.33. The summed E-state index contributed by atoms with van der Waals surface area (Å²) in [5.74, 6) is 0.971. The van der Waals surface area contributed by atoms with Gasteiger partial charge in [-0.05, 0) is 42.8 Å². The Kier molecular flexibility index (Phi) is 5.71. The summed E-state index contributed by atoms with van der Waals surface area (Å²) in [6, 6.07) is 9.72. The van der Waals surface area contributed by atoms with Crippen LogP contribution in [0.15, 0.2) is 36.4 Å². The second-order valence-corrected chi connectivity index (χ2v) is 8.91. The summed E-state index contributed by atoms with van der Waals surface area (Å²) in [5.41, 5.74) is 1.50. The molecule has 9 heteroatoms. The molecule has 1 aliphatic heterocycles. The summed E-state index contributed by atoms with van der Waals surface area (Å²) in [7, 11) is -2.00. The van der Waals surface area contributed by atoms with Crippen LogP contribution in [-0.2, 0) is 10.0 Å². The van der Waals surface area contributed by atoms with Crippen molar-refractivity contribution < 1.29 is 22.7 Å². The number of ether oxygens (including phenoxy) is 2. The number of amides is 1. The standard InChI is InChI=1S/C19H21ClN2O5S/c1-12(13-4-7-17-18(10-13)27-9-8-26-17)21-19(23)15-6-5-14(11-16(15)20)22(2)28(3,24)25/h4-7,10-12H,8-9H2,1-3H3,(H,21,23)/t12-/m1/s1. The molecule has 1 atom stereocenters.